The van der Waals surface area contributed by atoms with Crippen molar-refractivity contribution in [1.82, 2.24) is 0 Å². The Hall–Kier alpha value is -1.69. The van der Waals surface area contributed by atoms with Crippen molar-refractivity contribution in [3.8, 4) is 0 Å². The number of rotatable bonds is 10. The molecule has 2 aliphatic rings. The molecule has 2 aromatic carbocycles. The molecule has 1 fully saturated rings. The van der Waals surface area contributed by atoms with Gasteiger partial charge in [0.25, 0.3) is 0 Å². The lowest BCUT2D eigenvalue weighted by Gasteiger charge is -2.32. The second-order valence-electron chi connectivity index (χ2n) is 10.6. The highest BCUT2D eigenvalue weighted by Crippen LogP contribution is 2.52. The monoisotopic (exact) mass is 496 g/mol. The van der Waals surface area contributed by atoms with Crippen LogP contribution in [-0.4, -0.2) is 24.5 Å². The SMILES string of the molecule is CC1(C)OB(C2CC=C(CCP(=O)(OCc3ccccc3)OCc3ccccc3)CC2)OC1(C)C. The van der Waals surface area contributed by atoms with E-state index in [1.54, 1.807) is 0 Å². The summed E-state index contributed by atoms with van der Waals surface area (Å²) in [7, 11) is -3.45. The van der Waals surface area contributed by atoms with Crippen molar-refractivity contribution in [3.63, 3.8) is 0 Å². The molecule has 2 aromatic rings. The standard InChI is InChI=1S/C28H38BO5P/c1-27(2)28(3,4)34-29(33-27)26-17-15-23(16-18-26)19-20-35(30,31-21-24-11-7-5-8-12-24)32-22-25-13-9-6-10-14-25/h5-15,26H,16-22H2,1-4H3. The van der Waals surface area contributed by atoms with Crippen LogP contribution >= 0.6 is 7.60 Å². The average molecular weight is 496 g/mol. The number of allylic oxidation sites excluding steroid dienone is 2. The van der Waals surface area contributed by atoms with E-state index in [0.29, 0.717) is 18.4 Å². The highest BCUT2D eigenvalue weighted by Gasteiger charge is 2.53. The third kappa shape index (κ3) is 6.96. The maximum absolute atomic E-state index is 13.7. The molecule has 1 atom stereocenters. The van der Waals surface area contributed by atoms with Crippen molar-refractivity contribution in [1.29, 1.82) is 0 Å². The van der Waals surface area contributed by atoms with Crippen LogP contribution < -0.4 is 0 Å². The zero-order valence-electron chi connectivity index (χ0n) is 21.4. The van der Waals surface area contributed by atoms with Gasteiger partial charge in [-0.1, -0.05) is 72.3 Å². The Balaban J connectivity index is 1.35. The van der Waals surface area contributed by atoms with E-state index < -0.39 is 7.60 Å². The maximum Gasteiger partial charge on any atom is 0.461 e. The lowest BCUT2D eigenvalue weighted by molar-refractivity contribution is 0.00578. The van der Waals surface area contributed by atoms with Gasteiger partial charge in [0.15, 0.2) is 0 Å². The summed E-state index contributed by atoms with van der Waals surface area (Å²) in [5.74, 6) is 0.343. The Labute approximate surface area is 210 Å². The van der Waals surface area contributed by atoms with Gasteiger partial charge in [0, 0.05) is 0 Å². The minimum absolute atomic E-state index is 0.174. The van der Waals surface area contributed by atoms with Crippen LogP contribution in [0, 0.1) is 0 Å². The molecule has 7 heteroatoms. The molecule has 1 saturated heterocycles. The maximum atomic E-state index is 13.7. The van der Waals surface area contributed by atoms with Gasteiger partial charge in [-0.3, -0.25) is 4.57 Å². The van der Waals surface area contributed by atoms with E-state index in [0.717, 1.165) is 30.4 Å². The van der Waals surface area contributed by atoms with Gasteiger partial charge in [0.05, 0.1) is 30.6 Å². The molecular weight excluding hydrogens is 458 g/mol. The van der Waals surface area contributed by atoms with Gasteiger partial charge in [-0.05, 0) is 70.3 Å². The van der Waals surface area contributed by atoms with Crippen LogP contribution in [0.15, 0.2) is 72.3 Å². The van der Waals surface area contributed by atoms with E-state index >= 15 is 0 Å². The van der Waals surface area contributed by atoms with Crippen LogP contribution in [0.5, 0.6) is 0 Å². The van der Waals surface area contributed by atoms with Gasteiger partial charge >= 0.3 is 14.7 Å². The molecule has 0 N–H and O–H groups in total. The van der Waals surface area contributed by atoms with Crippen LogP contribution in [0.4, 0.5) is 0 Å². The molecule has 188 valence electrons. The third-order valence-electron chi connectivity index (χ3n) is 7.45. The molecular formula is C28H38BO5P. The van der Waals surface area contributed by atoms with Gasteiger partial charge in [0.2, 0.25) is 0 Å². The van der Waals surface area contributed by atoms with Gasteiger partial charge < -0.3 is 18.4 Å². The van der Waals surface area contributed by atoms with Gasteiger partial charge in [-0.2, -0.15) is 0 Å². The molecule has 0 amide bonds. The molecule has 0 bridgehead atoms. The quantitative estimate of drug-likeness (QED) is 0.193. The molecule has 1 unspecified atom stereocenters. The predicted octanol–water partition coefficient (Wildman–Crippen LogP) is 7.58. The molecule has 0 radical (unpaired) electrons. The summed E-state index contributed by atoms with van der Waals surface area (Å²) in [4.78, 5) is 0. The van der Waals surface area contributed by atoms with Crippen LogP contribution in [0.1, 0.15) is 64.5 Å². The first kappa shape index (κ1) is 26.4. The summed E-state index contributed by atoms with van der Waals surface area (Å²) in [6.07, 6.45) is 6.22. The van der Waals surface area contributed by atoms with E-state index in [1.807, 2.05) is 60.7 Å². The van der Waals surface area contributed by atoms with Crippen molar-refractivity contribution in [2.45, 2.75) is 83.6 Å². The second-order valence-corrected chi connectivity index (χ2v) is 12.8. The van der Waals surface area contributed by atoms with Gasteiger partial charge in [-0.25, -0.2) is 0 Å². The van der Waals surface area contributed by atoms with Crippen molar-refractivity contribution in [2.24, 2.45) is 0 Å². The summed E-state index contributed by atoms with van der Waals surface area (Å²) in [6, 6.07) is 19.6. The molecule has 35 heavy (non-hydrogen) atoms. The van der Waals surface area contributed by atoms with Crippen LogP contribution in [0.3, 0.4) is 0 Å². The molecule has 0 saturated carbocycles. The largest absolute Gasteiger partial charge is 0.461 e. The second kappa shape index (κ2) is 11.1. The zero-order chi connectivity index (χ0) is 24.9. The Bertz CT molecular complexity index is 974. The van der Waals surface area contributed by atoms with E-state index in [-0.39, 0.29) is 31.5 Å². The summed E-state index contributed by atoms with van der Waals surface area (Å²) in [5, 5.41) is 0. The minimum Gasteiger partial charge on any atom is -0.403 e. The highest BCUT2D eigenvalue weighted by atomic mass is 31.2. The fourth-order valence-corrected chi connectivity index (χ4v) is 5.99. The van der Waals surface area contributed by atoms with Gasteiger partial charge in [-0.15, -0.1) is 0 Å². The van der Waals surface area contributed by atoms with Crippen molar-refractivity contribution < 1.29 is 22.9 Å². The Kier molecular flexibility index (Phi) is 8.40. The molecule has 4 rings (SSSR count). The Morgan fingerprint density at radius 1 is 0.886 bits per heavy atom. The van der Waals surface area contributed by atoms with E-state index in [4.69, 9.17) is 18.4 Å². The highest BCUT2D eigenvalue weighted by molar-refractivity contribution is 7.53. The lowest BCUT2D eigenvalue weighted by atomic mass is 9.65. The molecule has 1 aliphatic heterocycles. The van der Waals surface area contributed by atoms with Gasteiger partial charge in [0.1, 0.15) is 0 Å². The molecule has 0 spiro atoms. The molecule has 0 aromatic heterocycles. The van der Waals surface area contributed by atoms with Crippen molar-refractivity contribution in [3.05, 3.63) is 83.4 Å². The third-order valence-corrected chi connectivity index (χ3v) is 9.27. The normalized spacial score (nSPS) is 21.7. The van der Waals surface area contributed by atoms with E-state index in [2.05, 4.69) is 33.8 Å². The number of hydrogen-bond donors (Lipinski definition) is 0. The fourth-order valence-electron chi connectivity index (χ4n) is 4.41. The van der Waals surface area contributed by atoms with Crippen molar-refractivity contribution in [2.75, 3.05) is 6.16 Å². The first-order chi connectivity index (χ1) is 16.7. The first-order valence-electron chi connectivity index (χ1n) is 12.7. The summed E-state index contributed by atoms with van der Waals surface area (Å²) in [5.41, 5.74) is 2.67. The number of benzene rings is 2. The van der Waals surface area contributed by atoms with Crippen LogP contribution in [0.25, 0.3) is 0 Å². The summed E-state index contributed by atoms with van der Waals surface area (Å²) in [6.45, 7) is 8.93. The average Bonchev–Trinajstić information content (AvgIpc) is 3.08. The summed E-state index contributed by atoms with van der Waals surface area (Å²) >= 11 is 0. The Morgan fingerprint density at radius 3 is 1.86 bits per heavy atom. The molecule has 1 heterocycles. The predicted molar refractivity (Wildman–Crippen MR) is 141 cm³/mol. The molecule has 5 nitrogen and oxygen atoms in total. The minimum atomic E-state index is -3.28. The van der Waals surface area contributed by atoms with Crippen LogP contribution in [-0.2, 0) is 36.1 Å². The summed E-state index contributed by atoms with van der Waals surface area (Å²) < 4.78 is 38.1. The van der Waals surface area contributed by atoms with E-state index in [9.17, 15) is 4.57 Å². The van der Waals surface area contributed by atoms with Crippen LogP contribution in [0.2, 0.25) is 5.82 Å². The Morgan fingerprint density at radius 2 is 1.40 bits per heavy atom. The smallest absolute Gasteiger partial charge is 0.403 e. The topological polar surface area (TPSA) is 54.0 Å². The van der Waals surface area contributed by atoms with E-state index in [1.165, 1.54) is 5.57 Å². The number of hydrogen-bond acceptors (Lipinski definition) is 5. The van der Waals surface area contributed by atoms with Crippen molar-refractivity contribution >= 4 is 14.7 Å². The zero-order valence-corrected chi connectivity index (χ0v) is 22.3. The fraction of sp³-hybridized carbons (Fsp3) is 0.500. The molecule has 1 aliphatic carbocycles. The first-order valence-corrected chi connectivity index (χ1v) is 14.4. The lowest BCUT2D eigenvalue weighted by Crippen LogP contribution is -2.41.